The van der Waals surface area contributed by atoms with Gasteiger partial charge in [0.25, 0.3) is 5.56 Å². The van der Waals surface area contributed by atoms with E-state index >= 15 is 0 Å². The molecule has 11 nitrogen and oxygen atoms in total. The molecule has 12 heteroatoms. The van der Waals surface area contributed by atoms with Crippen molar-refractivity contribution >= 4 is 51.0 Å². The van der Waals surface area contributed by atoms with Gasteiger partial charge >= 0.3 is 5.97 Å². The minimum Gasteiger partial charge on any atom is -0.510 e. The van der Waals surface area contributed by atoms with Gasteiger partial charge in [0, 0.05) is 6.07 Å². The maximum absolute atomic E-state index is 13.6. The van der Waals surface area contributed by atoms with Crippen LogP contribution in [0.1, 0.15) is 5.82 Å². The molecule has 6 rings (SSSR count). The molecule has 3 heterocycles. The van der Waals surface area contributed by atoms with Crippen molar-refractivity contribution in [3.05, 3.63) is 94.7 Å². The van der Waals surface area contributed by atoms with Crippen LogP contribution in [0.25, 0.3) is 39.0 Å². The Labute approximate surface area is 230 Å². The predicted octanol–water partition coefficient (Wildman–Crippen LogP) is 4.15. The van der Waals surface area contributed by atoms with Gasteiger partial charge in [-0.1, -0.05) is 42.1 Å². The summed E-state index contributed by atoms with van der Waals surface area (Å²) in [7, 11) is 2.79. The van der Waals surface area contributed by atoms with E-state index in [1.165, 1.54) is 11.7 Å². The zero-order valence-electron chi connectivity index (χ0n) is 21.4. The molecular weight excluding hydrogens is 532 g/mol. The first-order chi connectivity index (χ1) is 19.5. The van der Waals surface area contributed by atoms with Crippen molar-refractivity contribution in [2.75, 3.05) is 20.0 Å². The smallest absolute Gasteiger partial charge is 0.345 e. The standard InChI is InChI=1S/C28H22N6O5S/c1-38-17-9-7-8-16(14-17)33-25(36)18-10-3-6-13-21(18)34-27(33)31-32-28(34)40-15-22(35)23(26(37)39-2)24-29-19-11-4-5-12-20(19)30-24/h3-14,35H,15H2,1-2H3,(H,29,30). The molecular formula is C28H22N6O5S. The fraction of sp³-hybridized carbons (Fsp3) is 0.107. The lowest BCUT2D eigenvalue weighted by Crippen LogP contribution is -2.21. The number of aromatic nitrogens is 6. The zero-order chi connectivity index (χ0) is 27.8. The van der Waals surface area contributed by atoms with Crippen LogP contribution in [0.3, 0.4) is 0 Å². The average Bonchev–Trinajstić information content (AvgIpc) is 3.60. The Morgan fingerprint density at radius 3 is 2.62 bits per heavy atom. The Morgan fingerprint density at radius 2 is 1.82 bits per heavy atom. The number of aromatic amines is 1. The van der Waals surface area contributed by atoms with Crippen LogP contribution in [0.15, 0.2) is 88.5 Å². The lowest BCUT2D eigenvalue weighted by molar-refractivity contribution is -0.133. The molecule has 6 aromatic rings. The van der Waals surface area contributed by atoms with Crippen molar-refractivity contribution in [3.8, 4) is 11.4 Å². The molecule has 0 saturated carbocycles. The van der Waals surface area contributed by atoms with Crippen molar-refractivity contribution in [3.63, 3.8) is 0 Å². The van der Waals surface area contributed by atoms with Crippen LogP contribution in [-0.4, -0.2) is 60.2 Å². The van der Waals surface area contributed by atoms with E-state index in [0.717, 1.165) is 11.8 Å². The summed E-state index contributed by atoms with van der Waals surface area (Å²) in [6, 6.07) is 21.5. The van der Waals surface area contributed by atoms with E-state index in [4.69, 9.17) is 9.47 Å². The van der Waals surface area contributed by atoms with Crippen molar-refractivity contribution in [1.29, 1.82) is 0 Å². The Bertz CT molecular complexity index is 1970. The number of aliphatic hydroxyl groups is 1. The summed E-state index contributed by atoms with van der Waals surface area (Å²) < 4.78 is 13.5. The van der Waals surface area contributed by atoms with E-state index in [0.29, 0.717) is 38.5 Å². The fourth-order valence-corrected chi connectivity index (χ4v) is 5.30. The molecule has 0 aliphatic heterocycles. The Kier molecular flexibility index (Phi) is 6.44. The molecule has 0 saturated heterocycles. The average molecular weight is 555 g/mol. The van der Waals surface area contributed by atoms with Gasteiger partial charge in [-0.3, -0.25) is 9.20 Å². The van der Waals surface area contributed by atoms with Gasteiger partial charge in [0.1, 0.15) is 22.9 Å². The van der Waals surface area contributed by atoms with Crippen LogP contribution in [0.2, 0.25) is 0 Å². The number of nitrogens with zero attached hydrogens (tertiary/aromatic N) is 5. The number of thioether (sulfide) groups is 1. The second kappa shape index (κ2) is 10.2. The van der Waals surface area contributed by atoms with Crippen LogP contribution in [0.5, 0.6) is 5.75 Å². The van der Waals surface area contributed by atoms with Crippen molar-refractivity contribution < 1.29 is 19.4 Å². The number of carbonyl (C=O) groups excluding carboxylic acids is 1. The van der Waals surface area contributed by atoms with Gasteiger partial charge in [0.15, 0.2) is 5.16 Å². The molecule has 0 spiro atoms. The highest BCUT2D eigenvalue weighted by Gasteiger charge is 2.24. The SMILES string of the molecule is COC(=O)C(=C(O)CSc1nnc2n(-c3cccc(OC)c3)c(=O)c3ccccc3n12)c1nc2ccccc2[nH]1. The van der Waals surface area contributed by atoms with Gasteiger partial charge in [-0.2, -0.15) is 0 Å². The molecule has 0 aliphatic carbocycles. The normalized spacial score (nSPS) is 12.2. The summed E-state index contributed by atoms with van der Waals surface area (Å²) >= 11 is 1.15. The van der Waals surface area contributed by atoms with Gasteiger partial charge in [-0.25, -0.2) is 14.3 Å². The topological polar surface area (TPSA) is 137 Å². The number of methoxy groups -OCH3 is 2. The molecule has 3 aromatic carbocycles. The first-order valence-corrected chi connectivity index (χ1v) is 13.1. The van der Waals surface area contributed by atoms with E-state index in [1.54, 1.807) is 60.0 Å². The Balaban J connectivity index is 1.46. The summed E-state index contributed by atoms with van der Waals surface area (Å²) in [5.41, 5.74) is 2.17. The summed E-state index contributed by atoms with van der Waals surface area (Å²) in [6.07, 6.45) is 0. The van der Waals surface area contributed by atoms with Gasteiger partial charge in [0.05, 0.1) is 47.6 Å². The number of esters is 1. The second-order valence-corrected chi connectivity index (χ2v) is 9.62. The third kappa shape index (κ3) is 4.24. The first-order valence-electron chi connectivity index (χ1n) is 12.1. The van der Waals surface area contributed by atoms with Gasteiger partial charge in [0.2, 0.25) is 5.78 Å². The molecule has 2 N–H and O–H groups in total. The van der Waals surface area contributed by atoms with Crippen molar-refractivity contribution in [1.82, 2.24) is 29.1 Å². The van der Waals surface area contributed by atoms with Crippen LogP contribution in [0, 0.1) is 0 Å². The number of imidazole rings is 1. The number of rotatable bonds is 7. The van der Waals surface area contributed by atoms with Crippen molar-refractivity contribution in [2.45, 2.75) is 5.16 Å². The second-order valence-electron chi connectivity index (χ2n) is 8.68. The predicted molar refractivity (Wildman–Crippen MR) is 151 cm³/mol. The van der Waals surface area contributed by atoms with Crippen LogP contribution < -0.4 is 10.3 Å². The summed E-state index contributed by atoms with van der Waals surface area (Å²) in [6.45, 7) is 0. The van der Waals surface area contributed by atoms with E-state index in [1.807, 2.05) is 24.3 Å². The monoisotopic (exact) mass is 554 g/mol. The molecule has 3 aromatic heterocycles. The van der Waals surface area contributed by atoms with Gasteiger partial charge in [-0.15, -0.1) is 10.2 Å². The number of benzene rings is 3. The number of fused-ring (bicyclic) bond motifs is 4. The molecule has 0 bridgehead atoms. The van der Waals surface area contributed by atoms with E-state index < -0.39 is 5.97 Å². The van der Waals surface area contributed by atoms with E-state index in [2.05, 4.69) is 20.2 Å². The number of H-pyrrole nitrogens is 1. The molecule has 0 radical (unpaired) electrons. The third-order valence-electron chi connectivity index (χ3n) is 6.35. The summed E-state index contributed by atoms with van der Waals surface area (Å²) in [5, 5.41) is 20.6. The quantitative estimate of drug-likeness (QED) is 0.129. The lowest BCUT2D eigenvalue weighted by Gasteiger charge is -2.12. The highest BCUT2D eigenvalue weighted by Crippen LogP contribution is 2.28. The number of hydrogen-bond donors (Lipinski definition) is 2. The molecule has 0 amide bonds. The molecule has 0 aliphatic rings. The number of carbonyl (C=O) groups is 1. The molecule has 40 heavy (non-hydrogen) atoms. The largest absolute Gasteiger partial charge is 0.510 e. The highest BCUT2D eigenvalue weighted by molar-refractivity contribution is 7.99. The summed E-state index contributed by atoms with van der Waals surface area (Å²) in [5.74, 6) is 0.0249. The van der Waals surface area contributed by atoms with Crippen LogP contribution >= 0.6 is 11.8 Å². The zero-order valence-corrected chi connectivity index (χ0v) is 22.2. The third-order valence-corrected chi connectivity index (χ3v) is 7.29. The molecule has 200 valence electrons. The molecule has 0 fully saturated rings. The Morgan fingerprint density at radius 1 is 1.02 bits per heavy atom. The van der Waals surface area contributed by atoms with Crippen LogP contribution in [0.4, 0.5) is 0 Å². The minimum absolute atomic E-state index is 0.0467. The number of hydrogen-bond acceptors (Lipinski definition) is 9. The van der Waals surface area contributed by atoms with Gasteiger partial charge < -0.3 is 19.6 Å². The fourth-order valence-electron chi connectivity index (χ4n) is 4.48. The lowest BCUT2D eigenvalue weighted by atomic mass is 10.2. The van der Waals surface area contributed by atoms with E-state index in [9.17, 15) is 14.7 Å². The van der Waals surface area contributed by atoms with Crippen LogP contribution in [-0.2, 0) is 9.53 Å². The number of aliphatic hydroxyl groups excluding tert-OH is 1. The highest BCUT2D eigenvalue weighted by atomic mass is 32.2. The maximum Gasteiger partial charge on any atom is 0.345 e. The number of nitrogens with one attached hydrogen (secondary N) is 1. The molecule has 0 unspecified atom stereocenters. The van der Waals surface area contributed by atoms with Gasteiger partial charge in [-0.05, 0) is 36.4 Å². The Hall–Kier alpha value is -5.10. The number of ether oxygens (including phenoxy) is 2. The first kappa shape index (κ1) is 25.2. The number of para-hydroxylation sites is 3. The van der Waals surface area contributed by atoms with E-state index in [-0.39, 0.29) is 34.2 Å². The summed E-state index contributed by atoms with van der Waals surface area (Å²) in [4.78, 5) is 33.8. The minimum atomic E-state index is -0.736. The van der Waals surface area contributed by atoms with Crippen molar-refractivity contribution in [2.24, 2.45) is 0 Å². The maximum atomic E-state index is 13.6. The molecule has 0 atom stereocenters.